The predicted octanol–water partition coefficient (Wildman–Crippen LogP) is 15.6. The van der Waals surface area contributed by atoms with Crippen molar-refractivity contribution >= 4 is 121 Å². The molecule has 0 radical (unpaired) electrons. The number of thiophene rings is 2. The fourth-order valence-electron chi connectivity index (χ4n) is 10.3. The van der Waals surface area contributed by atoms with Crippen LogP contribution in [0.4, 0.5) is 32.8 Å². The highest BCUT2D eigenvalue weighted by atomic mass is 32.1. The van der Waals surface area contributed by atoms with Crippen molar-refractivity contribution in [2.45, 2.75) is 52.4 Å². The average Bonchev–Trinajstić information content (AvgIpc) is 4.11. The lowest BCUT2D eigenvalue weighted by Gasteiger charge is -2.42. The first-order valence-electron chi connectivity index (χ1n) is 22.5. The van der Waals surface area contributed by atoms with Crippen LogP contribution < -0.4 is 26.2 Å². The van der Waals surface area contributed by atoms with Gasteiger partial charge in [-0.3, -0.25) is 0 Å². The molecule has 0 aliphatic carbocycles. The van der Waals surface area contributed by atoms with E-state index in [1.165, 1.54) is 69.1 Å². The monoisotopic (exact) mass is 876 g/mol. The molecule has 314 valence electrons. The Labute approximate surface area is 387 Å². The third-order valence-electron chi connectivity index (χ3n) is 13.6. The summed E-state index contributed by atoms with van der Waals surface area (Å²) in [6.07, 6.45) is 0. The second kappa shape index (κ2) is 13.9. The van der Waals surface area contributed by atoms with Crippen molar-refractivity contribution in [3.8, 4) is 22.6 Å². The molecular weight excluding hydrogens is 832 g/mol. The molecule has 2 aliphatic heterocycles. The van der Waals surface area contributed by atoms with Gasteiger partial charge in [0, 0.05) is 54.0 Å². The quantitative estimate of drug-likeness (QED) is 0.165. The van der Waals surface area contributed by atoms with Crippen LogP contribution in [0.15, 0.2) is 173 Å². The summed E-state index contributed by atoms with van der Waals surface area (Å²) >= 11 is 3.82. The maximum Gasteiger partial charge on any atom is 0.256 e. The topological polar surface area (TPSA) is 32.8 Å². The molecule has 4 nitrogen and oxygen atoms in total. The predicted molar refractivity (Wildman–Crippen MR) is 279 cm³/mol. The highest BCUT2D eigenvalue weighted by molar-refractivity contribution is 7.29. The van der Waals surface area contributed by atoms with Crippen LogP contribution in [0.25, 0.3) is 64.8 Å². The molecule has 0 fully saturated rings. The molecule has 2 aliphatic rings. The summed E-state index contributed by atoms with van der Waals surface area (Å²) in [5.41, 5.74) is 15.2. The lowest BCUT2D eigenvalue weighted by molar-refractivity contribution is 0.591. The summed E-state index contributed by atoms with van der Waals surface area (Å²) in [7, 11) is 0. The number of rotatable bonds is 4. The Hall–Kier alpha value is -6.80. The zero-order valence-corrected chi connectivity index (χ0v) is 38.8. The molecule has 7 heteroatoms. The van der Waals surface area contributed by atoms with E-state index in [-0.39, 0.29) is 17.5 Å². The van der Waals surface area contributed by atoms with Gasteiger partial charge < -0.3 is 18.6 Å². The van der Waals surface area contributed by atoms with Gasteiger partial charge in [-0.2, -0.15) is 0 Å². The number of anilines is 6. The van der Waals surface area contributed by atoms with E-state index in [1.54, 1.807) is 0 Å². The van der Waals surface area contributed by atoms with Crippen LogP contribution >= 0.6 is 22.7 Å². The van der Waals surface area contributed by atoms with Crippen LogP contribution in [0, 0.1) is 0 Å². The highest BCUT2D eigenvalue weighted by Crippen LogP contribution is 2.51. The van der Waals surface area contributed by atoms with Crippen molar-refractivity contribution in [3.05, 3.63) is 175 Å². The molecule has 4 aromatic heterocycles. The molecule has 0 unspecified atom stereocenters. The molecule has 0 atom stereocenters. The largest absolute Gasteiger partial charge is 0.456 e. The molecule has 0 saturated heterocycles. The molecule has 0 N–H and O–H groups in total. The number of fused-ring (bicyclic) bond motifs is 10. The van der Waals surface area contributed by atoms with Crippen molar-refractivity contribution in [2.75, 3.05) is 9.80 Å². The van der Waals surface area contributed by atoms with E-state index in [1.807, 2.05) is 46.9 Å². The van der Waals surface area contributed by atoms with Gasteiger partial charge in [0.1, 0.15) is 22.7 Å². The van der Waals surface area contributed by atoms with Gasteiger partial charge in [0.15, 0.2) is 0 Å². The van der Waals surface area contributed by atoms with Crippen molar-refractivity contribution in [2.24, 2.45) is 0 Å². The van der Waals surface area contributed by atoms with Crippen molar-refractivity contribution in [1.82, 2.24) is 0 Å². The van der Waals surface area contributed by atoms with Crippen LogP contribution in [-0.2, 0) is 10.8 Å². The number of para-hydroxylation sites is 2. The summed E-state index contributed by atoms with van der Waals surface area (Å²) < 4.78 is 15.6. The molecular formula is C58H45BN2O2S2. The van der Waals surface area contributed by atoms with Gasteiger partial charge in [-0.15, -0.1) is 22.7 Å². The molecule has 0 amide bonds. The minimum Gasteiger partial charge on any atom is -0.456 e. The average molecular weight is 877 g/mol. The number of benzene rings is 7. The third-order valence-corrected chi connectivity index (χ3v) is 15.9. The second-order valence-corrected chi connectivity index (χ2v) is 21.8. The highest BCUT2D eigenvalue weighted by Gasteiger charge is 2.47. The van der Waals surface area contributed by atoms with E-state index in [0.29, 0.717) is 0 Å². The van der Waals surface area contributed by atoms with Crippen LogP contribution in [0.2, 0.25) is 0 Å². The Morgan fingerprint density at radius 1 is 0.431 bits per heavy atom. The first kappa shape index (κ1) is 38.6. The third kappa shape index (κ3) is 5.95. The SMILES string of the molecule is CC(C)(C)c1ccc2sc3c(c2c1)B1c2c(cccc2N(c2cccc(-c4cc5ccccc5o4)c2)c2sc4ccc(C(C)(C)C)cc4c21)N3c1cccc(-c2cc3ccccc3o2)c1. The van der Waals surface area contributed by atoms with Crippen LogP contribution in [0.5, 0.6) is 0 Å². The van der Waals surface area contributed by atoms with E-state index in [0.717, 1.165) is 56.0 Å². The second-order valence-electron chi connectivity index (χ2n) is 19.8. The van der Waals surface area contributed by atoms with Gasteiger partial charge in [0.2, 0.25) is 0 Å². The van der Waals surface area contributed by atoms with Crippen molar-refractivity contribution in [3.63, 3.8) is 0 Å². The molecule has 13 rings (SSSR count). The first-order valence-corrected chi connectivity index (χ1v) is 24.1. The van der Waals surface area contributed by atoms with Gasteiger partial charge in [0.05, 0.1) is 10.0 Å². The maximum atomic E-state index is 6.49. The van der Waals surface area contributed by atoms with Crippen molar-refractivity contribution < 1.29 is 8.83 Å². The zero-order valence-electron chi connectivity index (χ0n) is 37.2. The van der Waals surface area contributed by atoms with Gasteiger partial charge in [-0.1, -0.05) is 133 Å². The Morgan fingerprint density at radius 3 is 1.32 bits per heavy atom. The van der Waals surface area contributed by atoms with E-state index in [2.05, 4.69) is 191 Å². The lowest BCUT2D eigenvalue weighted by atomic mass is 9.33. The molecule has 0 spiro atoms. The fourth-order valence-corrected chi connectivity index (χ4v) is 12.8. The first-order chi connectivity index (χ1) is 31.5. The summed E-state index contributed by atoms with van der Waals surface area (Å²) in [6.45, 7) is 13.9. The smallest absolute Gasteiger partial charge is 0.256 e. The van der Waals surface area contributed by atoms with E-state index in [4.69, 9.17) is 8.83 Å². The summed E-state index contributed by atoms with van der Waals surface area (Å²) in [4.78, 5) is 5.09. The molecule has 6 heterocycles. The summed E-state index contributed by atoms with van der Waals surface area (Å²) in [6, 6.07) is 60.1. The molecule has 7 aromatic carbocycles. The van der Waals surface area contributed by atoms with E-state index in [9.17, 15) is 0 Å². The van der Waals surface area contributed by atoms with Gasteiger partial charge in [0.25, 0.3) is 6.71 Å². The van der Waals surface area contributed by atoms with E-state index >= 15 is 0 Å². The number of hydrogen-bond acceptors (Lipinski definition) is 6. The Bertz CT molecular complexity index is 3430. The maximum absolute atomic E-state index is 6.49. The van der Waals surface area contributed by atoms with Crippen LogP contribution in [0.1, 0.15) is 52.7 Å². The van der Waals surface area contributed by atoms with Crippen LogP contribution in [0.3, 0.4) is 0 Å². The minimum absolute atomic E-state index is 0.0104. The summed E-state index contributed by atoms with van der Waals surface area (Å²) in [5, 5.41) is 7.40. The standard InChI is InChI=1S/C58H45BN2O2S2/c1-57(2,3)38-24-26-50-42(32-38)52-55(64-50)60(40-18-11-16-34(28-40)48-30-36-14-7-9-22-46(36)62-48)44-20-13-21-45-54(44)59(52)53-43-33-39(58(4,5)6)25-27-51(43)65-56(53)61(45)41-19-12-17-35(29-41)49-31-37-15-8-10-23-47(37)63-49/h7-33H,1-6H3. The van der Waals surface area contributed by atoms with Gasteiger partial charge in [-0.05, 0) is 122 Å². The van der Waals surface area contributed by atoms with E-state index < -0.39 is 0 Å². The number of hydrogen-bond donors (Lipinski definition) is 0. The van der Waals surface area contributed by atoms with Gasteiger partial charge >= 0.3 is 0 Å². The minimum atomic E-state index is -0.0165. The molecule has 65 heavy (non-hydrogen) atoms. The number of furan rings is 2. The Balaban J connectivity index is 1.10. The molecule has 0 saturated carbocycles. The van der Waals surface area contributed by atoms with Crippen molar-refractivity contribution in [1.29, 1.82) is 0 Å². The molecule has 0 bridgehead atoms. The number of nitrogens with zero attached hydrogens (tertiary/aromatic N) is 2. The van der Waals surface area contributed by atoms with Gasteiger partial charge in [-0.25, -0.2) is 0 Å². The Morgan fingerprint density at radius 2 is 0.877 bits per heavy atom. The zero-order chi connectivity index (χ0) is 43.9. The van der Waals surface area contributed by atoms with Crippen LogP contribution in [-0.4, -0.2) is 6.71 Å². The normalized spacial score (nSPS) is 13.6. The molecule has 11 aromatic rings. The Kier molecular flexibility index (Phi) is 8.24. The summed E-state index contributed by atoms with van der Waals surface area (Å²) in [5.74, 6) is 1.73. The lowest BCUT2D eigenvalue weighted by Crippen LogP contribution is -2.60. The fraction of sp³-hybridized carbons (Fsp3) is 0.138.